The summed E-state index contributed by atoms with van der Waals surface area (Å²) in [5.41, 5.74) is 1.47. The molecule has 0 saturated carbocycles. The Labute approximate surface area is 140 Å². The number of pyridine rings is 1. The molecule has 0 saturated heterocycles. The monoisotopic (exact) mass is 321 g/mol. The summed E-state index contributed by atoms with van der Waals surface area (Å²) < 4.78 is 6.78. The van der Waals surface area contributed by atoms with E-state index in [2.05, 4.69) is 0 Å². The molecule has 1 aromatic heterocycles. The topological polar surface area (TPSA) is 48.3 Å². The molecule has 0 spiro atoms. The number of ether oxygens (including phenoxy) is 1. The van der Waals surface area contributed by atoms with E-state index in [-0.39, 0.29) is 11.5 Å². The van der Waals surface area contributed by atoms with Crippen molar-refractivity contribution in [2.45, 2.75) is 19.9 Å². The number of benzene rings is 2. The van der Waals surface area contributed by atoms with Crippen LogP contribution in [0.5, 0.6) is 0 Å². The van der Waals surface area contributed by atoms with Crippen LogP contribution in [0.1, 0.15) is 29.3 Å². The Balaban J connectivity index is 1.80. The van der Waals surface area contributed by atoms with Gasteiger partial charge in [0.2, 0.25) is 0 Å². The van der Waals surface area contributed by atoms with Crippen molar-refractivity contribution in [1.82, 2.24) is 4.57 Å². The van der Waals surface area contributed by atoms with Gasteiger partial charge >= 0.3 is 5.97 Å². The van der Waals surface area contributed by atoms with Crippen LogP contribution in [-0.2, 0) is 11.3 Å². The highest BCUT2D eigenvalue weighted by Crippen LogP contribution is 2.11. The Hall–Kier alpha value is -2.88. The number of nitrogens with zero attached hydrogens (tertiary/aromatic N) is 1. The molecule has 0 radical (unpaired) electrons. The number of fused-ring (bicyclic) bond motifs is 1. The molecule has 1 heterocycles. The van der Waals surface area contributed by atoms with Gasteiger partial charge in [0.25, 0.3) is 5.56 Å². The SMILES string of the molecule is CCCOC(=O)c1ccc(Cn2ccc3ccccc3c2=O)cc1. The summed E-state index contributed by atoms with van der Waals surface area (Å²) in [6.45, 7) is 2.85. The fourth-order valence-electron chi connectivity index (χ4n) is 2.58. The Morgan fingerprint density at radius 2 is 1.79 bits per heavy atom. The van der Waals surface area contributed by atoms with Crippen molar-refractivity contribution in [3.63, 3.8) is 0 Å². The van der Waals surface area contributed by atoms with E-state index >= 15 is 0 Å². The van der Waals surface area contributed by atoms with Crippen LogP contribution in [-0.4, -0.2) is 17.1 Å². The van der Waals surface area contributed by atoms with Gasteiger partial charge in [-0.05, 0) is 41.6 Å². The van der Waals surface area contributed by atoms with Gasteiger partial charge in [-0.1, -0.05) is 37.3 Å². The highest BCUT2D eigenvalue weighted by Gasteiger charge is 2.07. The summed E-state index contributed by atoms with van der Waals surface area (Å²) in [6.07, 6.45) is 2.60. The molecule has 3 rings (SSSR count). The molecule has 4 nitrogen and oxygen atoms in total. The maximum absolute atomic E-state index is 12.5. The first-order chi connectivity index (χ1) is 11.7. The predicted molar refractivity (Wildman–Crippen MR) is 94.3 cm³/mol. The summed E-state index contributed by atoms with van der Waals surface area (Å²) in [7, 11) is 0. The van der Waals surface area contributed by atoms with Gasteiger partial charge in [0.1, 0.15) is 0 Å². The lowest BCUT2D eigenvalue weighted by atomic mass is 10.1. The minimum atomic E-state index is -0.314. The first-order valence-corrected chi connectivity index (χ1v) is 8.03. The lowest BCUT2D eigenvalue weighted by Crippen LogP contribution is -2.20. The van der Waals surface area contributed by atoms with Crippen LogP contribution in [0.3, 0.4) is 0 Å². The minimum Gasteiger partial charge on any atom is -0.462 e. The molecule has 0 atom stereocenters. The Bertz CT molecular complexity index is 910. The summed E-state index contributed by atoms with van der Waals surface area (Å²) in [5, 5.41) is 1.65. The quantitative estimate of drug-likeness (QED) is 0.674. The number of aromatic nitrogens is 1. The van der Waals surface area contributed by atoms with E-state index in [1.807, 2.05) is 49.4 Å². The van der Waals surface area contributed by atoms with Crippen molar-refractivity contribution in [3.8, 4) is 0 Å². The summed E-state index contributed by atoms with van der Waals surface area (Å²) in [5.74, 6) is -0.314. The maximum atomic E-state index is 12.5. The third kappa shape index (κ3) is 3.38. The molecule has 4 heteroatoms. The highest BCUT2D eigenvalue weighted by atomic mass is 16.5. The lowest BCUT2D eigenvalue weighted by molar-refractivity contribution is 0.0505. The Morgan fingerprint density at radius 3 is 2.54 bits per heavy atom. The van der Waals surface area contributed by atoms with Crippen molar-refractivity contribution < 1.29 is 9.53 Å². The van der Waals surface area contributed by atoms with Gasteiger partial charge in [0, 0.05) is 11.6 Å². The van der Waals surface area contributed by atoms with Crippen molar-refractivity contribution >= 4 is 16.7 Å². The normalized spacial score (nSPS) is 10.7. The first-order valence-electron chi connectivity index (χ1n) is 8.03. The summed E-state index contributed by atoms with van der Waals surface area (Å²) >= 11 is 0. The van der Waals surface area contributed by atoms with Gasteiger partial charge in [-0.15, -0.1) is 0 Å². The molecule has 3 aromatic rings. The zero-order chi connectivity index (χ0) is 16.9. The van der Waals surface area contributed by atoms with Crippen LogP contribution in [0, 0.1) is 0 Å². The second-order valence-electron chi connectivity index (χ2n) is 5.67. The third-order valence-electron chi connectivity index (χ3n) is 3.87. The van der Waals surface area contributed by atoms with Crippen molar-refractivity contribution in [2.75, 3.05) is 6.61 Å². The van der Waals surface area contributed by atoms with E-state index in [1.54, 1.807) is 22.9 Å². The molecule has 0 aliphatic heterocycles. The molecular weight excluding hydrogens is 302 g/mol. The molecule has 0 unspecified atom stereocenters. The molecular formula is C20H19NO3. The Kier molecular flexibility index (Phi) is 4.75. The second kappa shape index (κ2) is 7.13. The summed E-state index contributed by atoms with van der Waals surface area (Å²) in [6, 6.07) is 16.7. The van der Waals surface area contributed by atoms with Crippen LogP contribution < -0.4 is 5.56 Å². The molecule has 0 aliphatic rings. The van der Waals surface area contributed by atoms with Crippen LogP contribution in [0.4, 0.5) is 0 Å². The second-order valence-corrected chi connectivity index (χ2v) is 5.67. The van der Waals surface area contributed by atoms with E-state index < -0.39 is 0 Å². The van der Waals surface area contributed by atoms with Gasteiger partial charge in [0.05, 0.1) is 18.7 Å². The number of carbonyl (C=O) groups is 1. The van der Waals surface area contributed by atoms with Gasteiger partial charge in [-0.2, -0.15) is 0 Å². The standard InChI is InChI=1S/C20H19NO3/c1-2-13-24-20(23)17-9-7-15(8-10-17)14-21-12-11-16-5-3-4-6-18(16)19(21)22/h3-12H,2,13-14H2,1H3. The molecule has 24 heavy (non-hydrogen) atoms. The van der Waals surface area contributed by atoms with Crippen molar-refractivity contribution in [1.29, 1.82) is 0 Å². The third-order valence-corrected chi connectivity index (χ3v) is 3.87. The number of hydrogen-bond donors (Lipinski definition) is 0. The van der Waals surface area contributed by atoms with E-state index in [0.717, 1.165) is 17.4 Å². The van der Waals surface area contributed by atoms with E-state index in [0.29, 0.717) is 24.1 Å². The highest BCUT2D eigenvalue weighted by molar-refractivity contribution is 5.89. The molecule has 0 fully saturated rings. The number of esters is 1. The zero-order valence-corrected chi connectivity index (χ0v) is 13.6. The van der Waals surface area contributed by atoms with E-state index in [9.17, 15) is 9.59 Å². The zero-order valence-electron chi connectivity index (χ0n) is 13.6. The smallest absolute Gasteiger partial charge is 0.338 e. The van der Waals surface area contributed by atoms with E-state index in [1.165, 1.54) is 0 Å². The van der Waals surface area contributed by atoms with Gasteiger partial charge < -0.3 is 9.30 Å². The van der Waals surface area contributed by atoms with Crippen molar-refractivity contribution in [3.05, 3.63) is 82.3 Å². The fraction of sp³-hybridized carbons (Fsp3) is 0.200. The first kappa shape index (κ1) is 16.0. The Morgan fingerprint density at radius 1 is 1.04 bits per heavy atom. The van der Waals surface area contributed by atoms with Crippen LogP contribution in [0.2, 0.25) is 0 Å². The predicted octanol–water partition coefficient (Wildman–Crippen LogP) is 3.62. The van der Waals surface area contributed by atoms with Crippen LogP contribution in [0.15, 0.2) is 65.6 Å². The largest absolute Gasteiger partial charge is 0.462 e. The van der Waals surface area contributed by atoms with Crippen LogP contribution >= 0.6 is 0 Å². The fourth-order valence-corrected chi connectivity index (χ4v) is 2.58. The number of hydrogen-bond acceptors (Lipinski definition) is 3. The van der Waals surface area contributed by atoms with Gasteiger partial charge in [0.15, 0.2) is 0 Å². The maximum Gasteiger partial charge on any atom is 0.338 e. The van der Waals surface area contributed by atoms with Crippen molar-refractivity contribution in [2.24, 2.45) is 0 Å². The van der Waals surface area contributed by atoms with Gasteiger partial charge in [-0.25, -0.2) is 4.79 Å². The number of rotatable bonds is 5. The lowest BCUT2D eigenvalue weighted by Gasteiger charge is -2.08. The molecule has 0 bridgehead atoms. The molecule has 0 amide bonds. The summed E-state index contributed by atoms with van der Waals surface area (Å²) in [4.78, 5) is 24.3. The average Bonchev–Trinajstić information content (AvgIpc) is 2.63. The molecule has 0 aliphatic carbocycles. The molecule has 2 aromatic carbocycles. The van der Waals surface area contributed by atoms with Crippen LogP contribution in [0.25, 0.3) is 10.8 Å². The number of carbonyl (C=O) groups excluding carboxylic acids is 1. The minimum absolute atomic E-state index is 0.0143. The molecule has 122 valence electrons. The van der Waals surface area contributed by atoms with Gasteiger partial charge in [-0.3, -0.25) is 4.79 Å². The average molecular weight is 321 g/mol. The van der Waals surface area contributed by atoms with E-state index in [4.69, 9.17) is 4.74 Å². The molecule has 0 N–H and O–H groups in total.